The van der Waals surface area contributed by atoms with Crippen LogP contribution in [0.5, 0.6) is 0 Å². The van der Waals surface area contributed by atoms with E-state index < -0.39 is 0 Å². The lowest BCUT2D eigenvalue weighted by Gasteiger charge is -2.23. The molecule has 118 valence electrons. The van der Waals surface area contributed by atoms with Crippen LogP contribution in [0.4, 0.5) is 5.69 Å². The van der Waals surface area contributed by atoms with Gasteiger partial charge in [-0.1, -0.05) is 49.4 Å². The zero-order valence-corrected chi connectivity index (χ0v) is 13.7. The van der Waals surface area contributed by atoms with Gasteiger partial charge in [-0.15, -0.1) is 0 Å². The van der Waals surface area contributed by atoms with Crippen LogP contribution in [-0.2, 0) is 6.42 Å². The molecule has 0 saturated carbocycles. The molecule has 0 bridgehead atoms. The SMILES string of the molecule is CCc1ccccc1C1=N/C=C\CCCC1c1ccc(N)cc1. The highest BCUT2D eigenvalue weighted by Gasteiger charge is 2.21. The van der Waals surface area contributed by atoms with Crippen LogP contribution in [0.3, 0.4) is 0 Å². The fraction of sp³-hybridized carbons (Fsp3) is 0.286. The average Bonchev–Trinajstić information content (AvgIpc) is 2.56. The Morgan fingerprint density at radius 3 is 2.65 bits per heavy atom. The number of hydrogen-bond acceptors (Lipinski definition) is 2. The molecule has 1 atom stereocenters. The summed E-state index contributed by atoms with van der Waals surface area (Å²) in [7, 11) is 0. The Morgan fingerprint density at radius 2 is 1.87 bits per heavy atom. The van der Waals surface area contributed by atoms with Crippen molar-refractivity contribution in [1.82, 2.24) is 0 Å². The second-order valence-electron chi connectivity index (χ2n) is 6.06. The van der Waals surface area contributed by atoms with E-state index in [9.17, 15) is 0 Å². The Kier molecular flexibility index (Phi) is 4.92. The van der Waals surface area contributed by atoms with Gasteiger partial charge < -0.3 is 5.73 Å². The van der Waals surface area contributed by atoms with Gasteiger partial charge in [-0.3, -0.25) is 4.99 Å². The van der Waals surface area contributed by atoms with E-state index in [0.717, 1.165) is 24.9 Å². The quantitative estimate of drug-likeness (QED) is 0.787. The van der Waals surface area contributed by atoms with Crippen molar-refractivity contribution in [3.8, 4) is 0 Å². The largest absolute Gasteiger partial charge is 0.399 e. The fourth-order valence-electron chi connectivity index (χ4n) is 3.26. The van der Waals surface area contributed by atoms with E-state index in [4.69, 9.17) is 10.7 Å². The van der Waals surface area contributed by atoms with Crippen molar-refractivity contribution in [2.75, 3.05) is 5.73 Å². The highest BCUT2D eigenvalue weighted by atomic mass is 14.7. The van der Waals surface area contributed by atoms with Crippen LogP contribution in [0.2, 0.25) is 0 Å². The maximum Gasteiger partial charge on any atom is 0.0553 e. The van der Waals surface area contributed by atoms with Gasteiger partial charge in [0.15, 0.2) is 0 Å². The smallest absolute Gasteiger partial charge is 0.0553 e. The van der Waals surface area contributed by atoms with Gasteiger partial charge in [0.25, 0.3) is 0 Å². The van der Waals surface area contributed by atoms with Crippen LogP contribution in [0.25, 0.3) is 0 Å². The molecule has 1 heterocycles. The first kappa shape index (κ1) is 15.5. The number of aliphatic imine (C=N–C) groups is 1. The van der Waals surface area contributed by atoms with Crippen molar-refractivity contribution in [3.05, 3.63) is 77.5 Å². The summed E-state index contributed by atoms with van der Waals surface area (Å²) in [6, 6.07) is 16.9. The van der Waals surface area contributed by atoms with E-state index in [-0.39, 0.29) is 0 Å². The number of rotatable bonds is 3. The van der Waals surface area contributed by atoms with Crippen LogP contribution in [0.15, 0.2) is 65.8 Å². The van der Waals surface area contributed by atoms with Gasteiger partial charge >= 0.3 is 0 Å². The number of anilines is 1. The number of nitrogen functional groups attached to an aromatic ring is 1. The van der Waals surface area contributed by atoms with Gasteiger partial charge in [-0.05, 0) is 54.5 Å². The van der Waals surface area contributed by atoms with E-state index in [1.807, 2.05) is 18.3 Å². The molecular formula is C21H24N2. The standard InChI is InChI=1S/C21H24N2/c1-2-16-8-5-6-10-19(16)21-20(9-4-3-7-15-23-21)17-11-13-18(22)14-12-17/h5-8,10-15,20H,2-4,9,22H2,1H3/b15-7-,23-21?. The lowest BCUT2D eigenvalue weighted by Crippen LogP contribution is -2.17. The van der Waals surface area contributed by atoms with E-state index in [1.54, 1.807) is 0 Å². The molecule has 0 aromatic heterocycles. The molecule has 1 unspecified atom stereocenters. The summed E-state index contributed by atoms with van der Waals surface area (Å²) in [4.78, 5) is 4.85. The minimum Gasteiger partial charge on any atom is -0.399 e. The van der Waals surface area contributed by atoms with Gasteiger partial charge in [0, 0.05) is 17.8 Å². The minimum absolute atomic E-state index is 0.327. The van der Waals surface area contributed by atoms with Crippen molar-refractivity contribution >= 4 is 11.4 Å². The minimum atomic E-state index is 0.327. The van der Waals surface area contributed by atoms with Gasteiger partial charge in [-0.2, -0.15) is 0 Å². The molecule has 0 saturated heterocycles. The molecular weight excluding hydrogens is 280 g/mol. The molecule has 2 aromatic carbocycles. The van der Waals surface area contributed by atoms with Crippen LogP contribution < -0.4 is 5.73 Å². The molecule has 1 aliphatic rings. The van der Waals surface area contributed by atoms with Gasteiger partial charge in [0.05, 0.1) is 5.71 Å². The molecule has 0 aliphatic carbocycles. The lowest BCUT2D eigenvalue weighted by atomic mass is 9.83. The molecule has 0 amide bonds. The summed E-state index contributed by atoms with van der Waals surface area (Å²) in [5, 5.41) is 0. The summed E-state index contributed by atoms with van der Waals surface area (Å²) in [5.41, 5.74) is 11.8. The number of nitrogens with two attached hydrogens (primary N) is 1. The van der Waals surface area contributed by atoms with Crippen LogP contribution >= 0.6 is 0 Å². The van der Waals surface area contributed by atoms with E-state index in [2.05, 4.69) is 49.4 Å². The molecule has 0 radical (unpaired) electrons. The maximum absolute atomic E-state index is 5.86. The molecule has 2 heteroatoms. The summed E-state index contributed by atoms with van der Waals surface area (Å²) in [6.45, 7) is 2.20. The number of hydrogen-bond donors (Lipinski definition) is 1. The molecule has 0 spiro atoms. The molecule has 0 fully saturated rings. The predicted molar refractivity (Wildman–Crippen MR) is 98.9 cm³/mol. The van der Waals surface area contributed by atoms with Gasteiger partial charge in [0.1, 0.15) is 0 Å². The van der Waals surface area contributed by atoms with Crippen LogP contribution in [0.1, 0.15) is 48.8 Å². The van der Waals surface area contributed by atoms with Crippen LogP contribution in [-0.4, -0.2) is 5.71 Å². The Bertz CT molecular complexity index is 711. The normalized spacial score (nSPS) is 19.5. The molecule has 2 nitrogen and oxygen atoms in total. The summed E-state index contributed by atoms with van der Waals surface area (Å²) in [6.07, 6.45) is 8.56. The zero-order valence-electron chi connectivity index (χ0n) is 13.7. The van der Waals surface area contributed by atoms with Crippen molar-refractivity contribution in [1.29, 1.82) is 0 Å². The fourth-order valence-corrected chi connectivity index (χ4v) is 3.26. The Labute approximate surface area is 138 Å². The summed E-state index contributed by atoms with van der Waals surface area (Å²) >= 11 is 0. The van der Waals surface area contributed by atoms with Crippen molar-refractivity contribution in [2.45, 2.75) is 38.5 Å². The van der Waals surface area contributed by atoms with Crippen LogP contribution in [0, 0.1) is 0 Å². The second kappa shape index (κ2) is 7.28. The number of allylic oxidation sites excluding steroid dienone is 1. The lowest BCUT2D eigenvalue weighted by molar-refractivity contribution is 0.702. The first-order valence-electron chi connectivity index (χ1n) is 8.46. The van der Waals surface area contributed by atoms with E-state index >= 15 is 0 Å². The third-order valence-electron chi connectivity index (χ3n) is 4.53. The van der Waals surface area contributed by atoms with Crippen molar-refractivity contribution < 1.29 is 0 Å². The third kappa shape index (κ3) is 3.53. The van der Waals surface area contributed by atoms with E-state index in [1.165, 1.54) is 28.8 Å². The molecule has 2 N–H and O–H groups in total. The highest BCUT2D eigenvalue weighted by molar-refractivity contribution is 6.06. The molecule has 3 rings (SSSR count). The monoisotopic (exact) mass is 304 g/mol. The average molecular weight is 304 g/mol. The number of aryl methyl sites for hydroxylation is 1. The predicted octanol–water partition coefficient (Wildman–Crippen LogP) is 5.10. The topological polar surface area (TPSA) is 38.4 Å². The molecule has 23 heavy (non-hydrogen) atoms. The van der Waals surface area contributed by atoms with Gasteiger partial charge in [0.2, 0.25) is 0 Å². The Morgan fingerprint density at radius 1 is 1.09 bits per heavy atom. The summed E-state index contributed by atoms with van der Waals surface area (Å²) in [5.74, 6) is 0.327. The number of benzene rings is 2. The first-order valence-corrected chi connectivity index (χ1v) is 8.46. The number of nitrogens with zero attached hydrogens (tertiary/aromatic N) is 1. The first-order chi connectivity index (χ1) is 11.3. The highest BCUT2D eigenvalue weighted by Crippen LogP contribution is 2.30. The van der Waals surface area contributed by atoms with Crippen molar-refractivity contribution in [3.63, 3.8) is 0 Å². The van der Waals surface area contributed by atoms with Crippen molar-refractivity contribution in [2.24, 2.45) is 4.99 Å². The zero-order chi connectivity index (χ0) is 16.1. The Hall–Kier alpha value is -2.35. The Balaban J connectivity index is 2.09. The summed E-state index contributed by atoms with van der Waals surface area (Å²) < 4.78 is 0. The van der Waals surface area contributed by atoms with Gasteiger partial charge in [-0.25, -0.2) is 0 Å². The third-order valence-corrected chi connectivity index (χ3v) is 4.53. The maximum atomic E-state index is 5.86. The van der Waals surface area contributed by atoms with E-state index in [0.29, 0.717) is 5.92 Å². The molecule has 2 aromatic rings. The molecule has 1 aliphatic heterocycles. The second-order valence-corrected chi connectivity index (χ2v) is 6.06.